The molecule has 0 saturated carbocycles. The van der Waals surface area contributed by atoms with E-state index in [4.69, 9.17) is 4.74 Å². The largest absolute Gasteiger partial charge is 0.373 e. The van der Waals surface area contributed by atoms with Crippen molar-refractivity contribution in [3.05, 3.63) is 0 Å². The molecule has 1 unspecified atom stereocenters. The van der Waals surface area contributed by atoms with Gasteiger partial charge in [0, 0.05) is 13.1 Å². The Morgan fingerprint density at radius 3 is 2.33 bits per heavy atom. The average Bonchev–Trinajstić information content (AvgIpc) is 2.16. The fourth-order valence-electron chi connectivity index (χ4n) is 2.21. The van der Waals surface area contributed by atoms with Gasteiger partial charge in [-0.3, -0.25) is 0 Å². The minimum absolute atomic E-state index is 0.000279. The highest BCUT2D eigenvalue weighted by molar-refractivity contribution is 4.74. The molecule has 1 saturated heterocycles. The monoisotopic (exact) mass is 212 g/mol. The van der Waals surface area contributed by atoms with Crippen LogP contribution in [0.1, 0.15) is 53.4 Å². The van der Waals surface area contributed by atoms with Crippen molar-refractivity contribution in [1.29, 1.82) is 0 Å². The van der Waals surface area contributed by atoms with Crippen LogP contribution in [-0.2, 0) is 4.74 Å². The highest BCUT2D eigenvalue weighted by Crippen LogP contribution is 2.24. The van der Waals surface area contributed by atoms with Crippen LogP contribution in [0, 0.1) is 5.92 Å². The van der Waals surface area contributed by atoms with E-state index in [-0.39, 0.29) is 5.60 Å². The molecule has 0 aromatic heterocycles. The number of ether oxygens (including phenoxy) is 1. The van der Waals surface area contributed by atoms with Crippen LogP contribution in [0.5, 0.6) is 0 Å². The maximum absolute atomic E-state index is 6.06. The van der Waals surface area contributed by atoms with E-state index >= 15 is 0 Å². The molecule has 2 nitrogen and oxygen atoms in total. The van der Waals surface area contributed by atoms with E-state index in [9.17, 15) is 0 Å². The Balaban J connectivity index is 2.31. The van der Waals surface area contributed by atoms with Crippen LogP contribution in [-0.4, -0.2) is 24.8 Å². The van der Waals surface area contributed by atoms with Gasteiger partial charge in [-0.2, -0.15) is 0 Å². The first-order valence-corrected chi connectivity index (χ1v) is 6.32. The number of hydrogen-bond donors (Lipinski definition) is 0. The van der Waals surface area contributed by atoms with Crippen LogP contribution in [0.2, 0.25) is 0 Å². The Morgan fingerprint density at radius 2 is 1.87 bits per heavy atom. The summed E-state index contributed by atoms with van der Waals surface area (Å²) in [5, 5.41) is 4.39. The first-order chi connectivity index (χ1) is 7.01. The van der Waals surface area contributed by atoms with Crippen LogP contribution in [0.4, 0.5) is 0 Å². The molecule has 0 bridgehead atoms. The van der Waals surface area contributed by atoms with Crippen molar-refractivity contribution >= 4 is 0 Å². The maximum atomic E-state index is 6.06. The Labute approximate surface area is 94.8 Å². The molecule has 1 aliphatic rings. The fraction of sp³-hybridized carbons (Fsp3) is 1.00. The van der Waals surface area contributed by atoms with Gasteiger partial charge in [-0.25, -0.2) is 5.32 Å². The van der Waals surface area contributed by atoms with Gasteiger partial charge in [0.1, 0.15) is 0 Å². The van der Waals surface area contributed by atoms with E-state index < -0.39 is 0 Å². The Bertz CT molecular complexity index is 168. The summed E-state index contributed by atoms with van der Waals surface area (Å²) in [4.78, 5) is 0. The molecule has 1 aliphatic heterocycles. The second-order valence-electron chi connectivity index (χ2n) is 5.61. The molecule has 15 heavy (non-hydrogen) atoms. The van der Waals surface area contributed by atoms with Gasteiger partial charge in [0.2, 0.25) is 0 Å². The SMILES string of the molecule is CCC(CC1CC[N]CC1)OC(C)(C)C. The molecule has 1 heterocycles. The Kier molecular flexibility index (Phi) is 5.07. The third-order valence-corrected chi connectivity index (χ3v) is 2.96. The van der Waals surface area contributed by atoms with Gasteiger partial charge in [0.05, 0.1) is 11.7 Å². The van der Waals surface area contributed by atoms with Gasteiger partial charge >= 0.3 is 0 Å². The van der Waals surface area contributed by atoms with Crippen molar-refractivity contribution < 1.29 is 4.74 Å². The summed E-state index contributed by atoms with van der Waals surface area (Å²) >= 11 is 0. The average molecular weight is 212 g/mol. The van der Waals surface area contributed by atoms with E-state index in [2.05, 4.69) is 33.0 Å². The normalized spacial score (nSPS) is 21.6. The highest BCUT2D eigenvalue weighted by Gasteiger charge is 2.22. The van der Waals surface area contributed by atoms with Gasteiger partial charge in [-0.1, -0.05) is 6.92 Å². The number of rotatable bonds is 4. The molecular weight excluding hydrogens is 186 g/mol. The molecule has 0 aromatic carbocycles. The number of nitrogens with zero attached hydrogens (tertiary/aromatic N) is 1. The van der Waals surface area contributed by atoms with E-state index in [1.165, 1.54) is 19.3 Å². The fourth-order valence-corrected chi connectivity index (χ4v) is 2.21. The lowest BCUT2D eigenvalue weighted by Gasteiger charge is -2.31. The van der Waals surface area contributed by atoms with Crippen molar-refractivity contribution in [3.63, 3.8) is 0 Å². The van der Waals surface area contributed by atoms with Crippen molar-refractivity contribution in [1.82, 2.24) is 5.32 Å². The van der Waals surface area contributed by atoms with Crippen LogP contribution >= 0.6 is 0 Å². The molecular formula is C13H26NO. The zero-order chi connectivity index (χ0) is 11.3. The summed E-state index contributed by atoms with van der Waals surface area (Å²) in [5.41, 5.74) is -0.000279. The van der Waals surface area contributed by atoms with Gasteiger partial charge in [0.25, 0.3) is 0 Å². The summed E-state index contributed by atoms with van der Waals surface area (Å²) in [6.07, 6.45) is 5.33. The first-order valence-electron chi connectivity index (χ1n) is 6.32. The molecule has 0 N–H and O–H groups in total. The number of piperidine rings is 1. The maximum Gasteiger partial charge on any atom is 0.0602 e. The van der Waals surface area contributed by atoms with Crippen molar-refractivity contribution in [2.24, 2.45) is 5.92 Å². The molecule has 1 atom stereocenters. The summed E-state index contributed by atoms with van der Waals surface area (Å²) in [5.74, 6) is 0.842. The molecule has 1 rings (SSSR count). The van der Waals surface area contributed by atoms with Crippen molar-refractivity contribution in [2.45, 2.75) is 65.1 Å². The molecule has 1 fully saturated rings. The lowest BCUT2D eigenvalue weighted by molar-refractivity contribution is -0.0713. The van der Waals surface area contributed by atoms with E-state index in [0.717, 1.165) is 25.4 Å². The van der Waals surface area contributed by atoms with E-state index in [1.807, 2.05) is 0 Å². The predicted octanol–water partition coefficient (Wildman–Crippen LogP) is 2.98. The molecule has 89 valence electrons. The molecule has 0 aromatic rings. The number of hydrogen-bond acceptors (Lipinski definition) is 1. The molecule has 0 spiro atoms. The van der Waals surface area contributed by atoms with Gasteiger partial charge in [-0.05, 0) is 52.4 Å². The van der Waals surface area contributed by atoms with E-state index in [0.29, 0.717) is 6.10 Å². The van der Waals surface area contributed by atoms with Crippen molar-refractivity contribution in [3.8, 4) is 0 Å². The zero-order valence-electron chi connectivity index (χ0n) is 10.8. The van der Waals surface area contributed by atoms with Gasteiger partial charge in [0.15, 0.2) is 0 Å². The van der Waals surface area contributed by atoms with Crippen LogP contribution in [0.25, 0.3) is 0 Å². The Hall–Kier alpha value is -0.0800. The summed E-state index contributed by atoms with van der Waals surface area (Å²) in [6, 6.07) is 0. The second kappa shape index (κ2) is 5.86. The standard InChI is InChI=1S/C13H26NO/c1-5-12(15-13(2,3)4)10-11-6-8-14-9-7-11/h11-12H,5-10H2,1-4H3. The summed E-state index contributed by atoms with van der Waals surface area (Å²) in [7, 11) is 0. The predicted molar refractivity (Wildman–Crippen MR) is 64.1 cm³/mol. The lowest BCUT2D eigenvalue weighted by atomic mass is 9.91. The third-order valence-electron chi connectivity index (χ3n) is 2.96. The first kappa shape index (κ1) is 13.0. The Morgan fingerprint density at radius 1 is 1.27 bits per heavy atom. The highest BCUT2D eigenvalue weighted by atomic mass is 16.5. The molecule has 1 radical (unpaired) electrons. The minimum Gasteiger partial charge on any atom is -0.373 e. The van der Waals surface area contributed by atoms with Crippen LogP contribution in [0.15, 0.2) is 0 Å². The smallest absolute Gasteiger partial charge is 0.0602 e. The topological polar surface area (TPSA) is 23.3 Å². The summed E-state index contributed by atoms with van der Waals surface area (Å²) in [6.45, 7) is 10.8. The van der Waals surface area contributed by atoms with Crippen molar-refractivity contribution in [2.75, 3.05) is 13.1 Å². The van der Waals surface area contributed by atoms with Gasteiger partial charge in [-0.15, -0.1) is 0 Å². The second-order valence-corrected chi connectivity index (χ2v) is 5.61. The van der Waals surface area contributed by atoms with Gasteiger partial charge < -0.3 is 4.74 Å². The molecule has 0 aliphatic carbocycles. The van der Waals surface area contributed by atoms with Crippen LogP contribution in [0.3, 0.4) is 0 Å². The van der Waals surface area contributed by atoms with Crippen LogP contribution < -0.4 is 5.32 Å². The molecule has 2 heteroatoms. The zero-order valence-corrected chi connectivity index (χ0v) is 10.8. The van der Waals surface area contributed by atoms with E-state index in [1.54, 1.807) is 0 Å². The quantitative estimate of drug-likeness (QED) is 0.702. The summed E-state index contributed by atoms with van der Waals surface area (Å²) < 4.78 is 6.06. The lowest BCUT2D eigenvalue weighted by Crippen LogP contribution is -2.31. The third kappa shape index (κ3) is 5.53. The molecule has 0 amide bonds. The minimum atomic E-state index is -0.000279.